The fourth-order valence-corrected chi connectivity index (χ4v) is 4.90. The number of nitrogens with one attached hydrogen (secondary N) is 1. The van der Waals surface area contributed by atoms with Crippen molar-refractivity contribution in [1.82, 2.24) is 10.2 Å². The van der Waals surface area contributed by atoms with Crippen LogP contribution in [0.4, 0.5) is 13.2 Å². The van der Waals surface area contributed by atoms with E-state index in [9.17, 15) is 22.8 Å². The zero-order chi connectivity index (χ0) is 25.9. The molecule has 4 rings (SSSR count). The van der Waals surface area contributed by atoms with Gasteiger partial charge >= 0.3 is 6.18 Å². The number of carbonyl (C=O) groups is 2. The van der Waals surface area contributed by atoms with Crippen molar-refractivity contribution in [1.29, 1.82) is 0 Å². The minimum Gasteiger partial charge on any atom is -0.489 e. The summed E-state index contributed by atoms with van der Waals surface area (Å²) in [5.74, 6) is -0.484. The maximum absolute atomic E-state index is 13.6. The lowest BCUT2D eigenvalue weighted by Gasteiger charge is -2.43. The predicted octanol–water partition coefficient (Wildman–Crippen LogP) is 3.68. The Morgan fingerprint density at radius 3 is 2.50 bits per heavy atom. The Bertz CT molecular complexity index is 1080. The molecule has 0 aromatic heterocycles. The number of likely N-dealkylation sites (tertiary alicyclic amines) is 1. The smallest absolute Gasteiger partial charge is 0.416 e. The lowest BCUT2D eigenvalue weighted by Crippen LogP contribution is -2.61. The maximum atomic E-state index is 13.6. The number of amides is 2. The van der Waals surface area contributed by atoms with Gasteiger partial charge in [0.25, 0.3) is 0 Å². The highest BCUT2D eigenvalue weighted by atomic mass is 19.4. The molecule has 36 heavy (non-hydrogen) atoms. The molecule has 2 heterocycles. The Morgan fingerprint density at radius 1 is 1.17 bits per heavy atom. The van der Waals surface area contributed by atoms with Gasteiger partial charge in [-0.15, -0.1) is 0 Å². The van der Waals surface area contributed by atoms with Gasteiger partial charge in [0.15, 0.2) is 0 Å². The molecule has 2 aromatic carbocycles. The molecule has 2 amide bonds. The van der Waals surface area contributed by atoms with Gasteiger partial charge in [-0.2, -0.15) is 13.2 Å². The number of carbonyl (C=O) groups excluding carboxylic acids is 2. The van der Waals surface area contributed by atoms with Crippen LogP contribution < -0.4 is 15.8 Å². The van der Waals surface area contributed by atoms with Gasteiger partial charge < -0.3 is 20.5 Å². The fraction of sp³-hybridized carbons (Fsp3) is 0.462. The molecule has 2 aliphatic heterocycles. The number of alkyl halides is 3. The molecule has 1 unspecified atom stereocenters. The molecule has 0 bridgehead atoms. The van der Waals surface area contributed by atoms with Gasteiger partial charge in [-0.3, -0.25) is 14.5 Å². The number of rotatable bonds is 7. The average Bonchev–Trinajstić information content (AvgIpc) is 3.33. The third-order valence-electron chi connectivity index (χ3n) is 7.00. The van der Waals surface area contributed by atoms with Crippen molar-refractivity contribution in [2.45, 2.75) is 50.0 Å². The first-order valence-corrected chi connectivity index (χ1v) is 12.0. The van der Waals surface area contributed by atoms with Crippen LogP contribution >= 0.6 is 0 Å². The van der Waals surface area contributed by atoms with Crippen molar-refractivity contribution in [3.8, 4) is 5.75 Å². The lowest BCUT2D eigenvalue weighted by atomic mass is 9.86. The minimum atomic E-state index is -4.44. The first kappa shape index (κ1) is 26.0. The Labute approximate surface area is 207 Å². The number of hydrogen-bond acceptors (Lipinski definition) is 5. The minimum absolute atomic E-state index is 0.128. The summed E-state index contributed by atoms with van der Waals surface area (Å²) in [6.45, 7) is 3.74. The number of primary amides is 1. The van der Waals surface area contributed by atoms with Crippen LogP contribution in [0.2, 0.25) is 0 Å². The van der Waals surface area contributed by atoms with Crippen molar-refractivity contribution >= 4 is 11.8 Å². The van der Waals surface area contributed by atoms with E-state index in [2.05, 4.69) is 10.2 Å². The van der Waals surface area contributed by atoms with Gasteiger partial charge in [-0.1, -0.05) is 18.2 Å². The molecular formula is C26H30F3N3O4. The highest BCUT2D eigenvalue weighted by Crippen LogP contribution is 2.35. The van der Waals surface area contributed by atoms with E-state index < -0.39 is 23.2 Å². The molecule has 2 fully saturated rings. The molecular weight excluding hydrogens is 475 g/mol. The molecule has 0 saturated carbocycles. The molecule has 2 saturated heterocycles. The zero-order valence-corrected chi connectivity index (χ0v) is 20.0. The number of nitrogens with two attached hydrogens (primary N) is 1. The molecule has 0 radical (unpaired) electrons. The first-order valence-electron chi connectivity index (χ1n) is 12.0. The fourth-order valence-electron chi connectivity index (χ4n) is 4.90. The van der Waals surface area contributed by atoms with Gasteiger partial charge in [-0.25, -0.2) is 0 Å². The molecule has 10 heteroatoms. The quantitative estimate of drug-likeness (QED) is 0.599. The molecule has 7 nitrogen and oxygen atoms in total. The summed E-state index contributed by atoms with van der Waals surface area (Å²) in [7, 11) is 0. The van der Waals surface area contributed by atoms with Crippen molar-refractivity contribution in [2.75, 3.05) is 26.3 Å². The highest BCUT2D eigenvalue weighted by molar-refractivity contribution is 5.92. The van der Waals surface area contributed by atoms with E-state index >= 15 is 0 Å². The number of benzene rings is 2. The third-order valence-corrected chi connectivity index (χ3v) is 7.00. The van der Waals surface area contributed by atoms with Crippen LogP contribution in [-0.2, 0) is 15.7 Å². The third kappa shape index (κ3) is 5.65. The Kier molecular flexibility index (Phi) is 7.56. The lowest BCUT2D eigenvalue weighted by molar-refractivity contribution is -0.141. The maximum Gasteiger partial charge on any atom is 0.416 e. The first-order chi connectivity index (χ1) is 17.1. The van der Waals surface area contributed by atoms with Crippen LogP contribution in [0.25, 0.3) is 0 Å². The number of halogens is 3. The summed E-state index contributed by atoms with van der Waals surface area (Å²) in [4.78, 5) is 27.0. The average molecular weight is 506 g/mol. The van der Waals surface area contributed by atoms with Crippen LogP contribution in [0.3, 0.4) is 0 Å². The van der Waals surface area contributed by atoms with Crippen LogP contribution in [0, 0.1) is 0 Å². The van der Waals surface area contributed by atoms with Crippen molar-refractivity contribution in [2.24, 2.45) is 5.73 Å². The largest absolute Gasteiger partial charge is 0.489 e. The molecule has 0 spiro atoms. The van der Waals surface area contributed by atoms with E-state index in [0.717, 1.165) is 17.7 Å². The summed E-state index contributed by atoms with van der Waals surface area (Å²) < 4.78 is 50.6. The molecule has 2 aliphatic rings. The van der Waals surface area contributed by atoms with Gasteiger partial charge in [0.1, 0.15) is 17.4 Å². The van der Waals surface area contributed by atoms with Gasteiger partial charge in [0.2, 0.25) is 11.8 Å². The summed E-state index contributed by atoms with van der Waals surface area (Å²) in [6, 6.07) is 11.3. The van der Waals surface area contributed by atoms with Crippen LogP contribution in [0.5, 0.6) is 5.75 Å². The van der Waals surface area contributed by atoms with Crippen LogP contribution in [-0.4, -0.2) is 54.7 Å². The van der Waals surface area contributed by atoms with Gasteiger partial charge in [-0.05, 0) is 62.1 Å². The summed E-state index contributed by atoms with van der Waals surface area (Å²) in [6.07, 6.45) is -3.18. The monoisotopic (exact) mass is 505 g/mol. The Balaban J connectivity index is 1.45. The summed E-state index contributed by atoms with van der Waals surface area (Å²) >= 11 is 0. The van der Waals surface area contributed by atoms with Crippen molar-refractivity contribution < 1.29 is 32.2 Å². The number of nitrogens with zero attached hydrogens (tertiary/aromatic N) is 1. The van der Waals surface area contributed by atoms with E-state index in [0.29, 0.717) is 51.1 Å². The second-order valence-corrected chi connectivity index (χ2v) is 9.33. The van der Waals surface area contributed by atoms with E-state index in [-0.39, 0.29) is 23.8 Å². The van der Waals surface area contributed by atoms with Gasteiger partial charge in [0, 0.05) is 31.9 Å². The summed E-state index contributed by atoms with van der Waals surface area (Å²) in [5, 5.41) is 3.10. The predicted molar refractivity (Wildman–Crippen MR) is 126 cm³/mol. The van der Waals surface area contributed by atoms with E-state index in [1.807, 2.05) is 6.92 Å². The second-order valence-electron chi connectivity index (χ2n) is 9.33. The number of hydrogen-bond donors (Lipinski definition) is 2. The highest BCUT2D eigenvalue weighted by Gasteiger charge is 2.48. The molecule has 194 valence electrons. The van der Waals surface area contributed by atoms with E-state index in [4.69, 9.17) is 15.2 Å². The molecule has 3 N–H and O–H groups in total. The molecule has 0 aliphatic carbocycles. The van der Waals surface area contributed by atoms with Crippen molar-refractivity contribution in [3.63, 3.8) is 0 Å². The Hall–Kier alpha value is -3.11. The standard InChI is InChI=1S/C26H30F3N3O4/c1-17(18-5-7-19(8-6-18)23(30)33)31-24(34)25(10-13-35-14-11-25)32-12-9-22(16-32)36-21-4-2-3-20(15-21)26(27,28)29/h2-8,15,17,22H,9-14,16H2,1H3,(H2,30,33)(H,31,34)/t17?,22-/m1/s1. The Morgan fingerprint density at radius 2 is 1.86 bits per heavy atom. The van der Waals surface area contributed by atoms with E-state index in [1.165, 1.54) is 12.1 Å². The second kappa shape index (κ2) is 10.5. The number of ether oxygens (including phenoxy) is 2. The van der Waals surface area contributed by atoms with Crippen LogP contribution in [0.1, 0.15) is 53.7 Å². The molecule has 2 aromatic rings. The van der Waals surface area contributed by atoms with Crippen molar-refractivity contribution in [3.05, 3.63) is 65.2 Å². The molecule has 2 atom stereocenters. The summed E-state index contributed by atoms with van der Waals surface area (Å²) in [5.41, 5.74) is 4.98. The normalized spacial score (nSPS) is 21.1. The van der Waals surface area contributed by atoms with Gasteiger partial charge in [0.05, 0.1) is 11.6 Å². The van der Waals surface area contributed by atoms with Crippen LogP contribution in [0.15, 0.2) is 48.5 Å². The van der Waals surface area contributed by atoms with E-state index in [1.54, 1.807) is 24.3 Å². The SMILES string of the molecule is CC(NC(=O)C1(N2CC[C@@H](Oc3cccc(C(F)(F)F)c3)C2)CCOCC1)c1ccc(C(N)=O)cc1. The zero-order valence-electron chi connectivity index (χ0n) is 20.0. The topological polar surface area (TPSA) is 93.9 Å².